The number of amides is 1. The molecule has 35 heavy (non-hydrogen) atoms. The molecule has 4 rings (SSSR count). The minimum Gasteiger partial charge on any atom is -0.366 e. The van der Waals surface area contributed by atoms with Crippen LogP contribution in [0.1, 0.15) is 67.3 Å². The zero-order valence-corrected chi connectivity index (χ0v) is 22.9. The third-order valence-corrected chi connectivity index (χ3v) is 10.1. The number of aromatic nitrogens is 1. The summed E-state index contributed by atoms with van der Waals surface area (Å²) in [6.07, 6.45) is 3.47. The number of rotatable bonds is 7. The summed E-state index contributed by atoms with van der Waals surface area (Å²) < 4.78 is 26.1. The van der Waals surface area contributed by atoms with Gasteiger partial charge in [-0.3, -0.25) is 9.69 Å². The summed E-state index contributed by atoms with van der Waals surface area (Å²) in [4.78, 5) is 19.2. The fourth-order valence-electron chi connectivity index (χ4n) is 4.67. The van der Waals surface area contributed by atoms with E-state index in [0.717, 1.165) is 47.0 Å². The standard InChI is InChI=1S/C26H36N4O3S2/c1-6-35(32,33)30-9-7-17(8-10-30)23-14-28-24-21(23)12-18(13-22(24)25(27)31)19-11-20(34-16-19)15-29(5)26(2,3)4/h11-14,16-17,28H,6-10,15H2,1-5H3,(H2,27,31). The molecule has 7 nitrogen and oxygen atoms in total. The fourth-order valence-corrected chi connectivity index (χ4v) is 6.74. The van der Waals surface area contributed by atoms with Crippen LogP contribution in [0.25, 0.3) is 22.0 Å². The van der Waals surface area contributed by atoms with Crippen LogP contribution in [0, 0.1) is 0 Å². The lowest BCUT2D eigenvalue weighted by atomic mass is 9.88. The van der Waals surface area contributed by atoms with Crippen LogP contribution in [0.5, 0.6) is 0 Å². The first-order valence-corrected chi connectivity index (χ1v) is 14.6. The molecule has 3 heterocycles. The predicted octanol–water partition coefficient (Wildman–Crippen LogP) is 4.75. The van der Waals surface area contributed by atoms with Crippen molar-refractivity contribution >= 4 is 38.2 Å². The van der Waals surface area contributed by atoms with Gasteiger partial charge < -0.3 is 10.7 Å². The second-order valence-corrected chi connectivity index (χ2v) is 13.7. The lowest BCUT2D eigenvalue weighted by Crippen LogP contribution is -2.38. The van der Waals surface area contributed by atoms with Crippen LogP contribution in [-0.2, 0) is 16.6 Å². The quantitative estimate of drug-likeness (QED) is 0.473. The smallest absolute Gasteiger partial charge is 0.250 e. The number of H-pyrrole nitrogens is 1. The van der Waals surface area contributed by atoms with E-state index in [-0.39, 0.29) is 17.2 Å². The third kappa shape index (κ3) is 5.33. The highest BCUT2D eigenvalue weighted by molar-refractivity contribution is 7.89. The Hall–Kier alpha value is -2.20. The maximum atomic E-state index is 12.4. The Labute approximate surface area is 212 Å². The molecule has 0 unspecified atom stereocenters. The van der Waals surface area contributed by atoms with Crippen molar-refractivity contribution in [3.63, 3.8) is 0 Å². The lowest BCUT2D eigenvalue weighted by Gasteiger charge is -2.31. The Bertz CT molecular complexity index is 1330. The molecule has 0 saturated carbocycles. The van der Waals surface area contributed by atoms with Gasteiger partial charge in [0.1, 0.15) is 0 Å². The second-order valence-electron chi connectivity index (χ2n) is 10.5. The molecule has 1 aliphatic rings. The number of hydrogen-bond donors (Lipinski definition) is 2. The van der Waals surface area contributed by atoms with Gasteiger partial charge in [0.2, 0.25) is 10.0 Å². The van der Waals surface area contributed by atoms with Crippen LogP contribution in [0.2, 0.25) is 0 Å². The van der Waals surface area contributed by atoms with E-state index in [1.54, 1.807) is 22.6 Å². The molecule has 3 aromatic rings. The van der Waals surface area contributed by atoms with Crippen LogP contribution >= 0.6 is 11.3 Å². The van der Waals surface area contributed by atoms with Crippen molar-refractivity contribution in [1.82, 2.24) is 14.2 Å². The number of benzene rings is 1. The average Bonchev–Trinajstić information content (AvgIpc) is 3.45. The first kappa shape index (κ1) is 25.9. The topological polar surface area (TPSA) is 99.5 Å². The number of sulfonamides is 1. The van der Waals surface area contributed by atoms with Crippen LogP contribution in [0.3, 0.4) is 0 Å². The highest BCUT2D eigenvalue weighted by atomic mass is 32.2. The van der Waals surface area contributed by atoms with Crippen molar-refractivity contribution in [3.05, 3.63) is 45.8 Å². The number of hydrogen-bond acceptors (Lipinski definition) is 5. The molecule has 2 aromatic heterocycles. The first-order chi connectivity index (χ1) is 16.4. The summed E-state index contributed by atoms with van der Waals surface area (Å²) in [6, 6.07) is 6.21. The van der Waals surface area contributed by atoms with Crippen LogP contribution in [-0.4, -0.2) is 59.9 Å². The van der Waals surface area contributed by atoms with E-state index in [1.807, 2.05) is 12.3 Å². The van der Waals surface area contributed by atoms with Crippen molar-refractivity contribution < 1.29 is 13.2 Å². The number of carbonyl (C=O) groups is 1. The number of carbonyl (C=O) groups excluding carboxylic acids is 1. The molecular weight excluding hydrogens is 480 g/mol. The number of aromatic amines is 1. The average molecular weight is 517 g/mol. The maximum absolute atomic E-state index is 12.4. The SMILES string of the molecule is CCS(=O)(=O)N1CCC(c2c[nH]c3c(C(N)=O)cc(-c4csc(CN(C)C(C)(C)C)c4)cc23)CC1. The number of fused-ring (bicyclic) bond motifs is 1. The van der Waals surface area contributed by atoms with Crippen molar-refractivity contribution in [2.24, 2.45) is 5.73 Å². The minimum atomic E-state index is -3.17. The normalized spacial score (nSPS) is 16.4. The van der Waals surface area contributed by atoms with Crippen molar-refractivity contribution in [3.8, 4) is 11.1 Å². The maximum Gasteiger partial charge on any atom is 0.250 e. The van der Waals surface area contributed by atoms with Gasteiger partial charge in [0, 0.05) is 41.6 Å². The molecule has 0 atom stereocenters. The minimum absolute atomic E-state index is 0.0776. The molecule has 3 N–H and O–H groups in total. The predicted molar refractivity (Wildman–Crippen MR) is 144 cm³/mol. The lowest BCUT2D eigenvalue weighted by molar-refractivity contribution is 0.100. The number of nitrogens with one attached hydrogen (secondary N) is 1. The Balaban J connectivity index is 1.66. The summed E-state index contributed by atoms with van der Waals surface area (Å²) in [7, 11) is -1.05. The molecule has 0 bridgehead atoms. The van der Waals surface area contributed by atoms with E-state index in [4.69, 9.17) is 5.73 Å². The van der Waals surface area contributed by atoms with Gasteiger partial charge in [0.15, 0.2) is 0 Å². The first-order valence-electron chi connectivity index (χ1n) is 12.1. The second kappa shape index (κ2) is 9.69. The van der Waals surface area contributed by atoms with E-state index < -0.39 is 15.9 Å². The van der Waals surface area contributed by atoms with Crippen LogP contribution in [0.15, 0.2) is 29.8 Å². The molecule has 1 aromatic carbocycles. The summed E-state index contributed by atoms with van der Waals surface area (Å²) in [5.74, 6) is -0.108. The van der Waals surface area contributed by atoms with E-state index in [9.17, 15) is 13.2 Å². The summed E-state index contributed by atoms with van der Waals surface area (Å²) in [5.41, 5.74) is 10.3. The summed E-state index contributed by atoms with van der Waals surface area (Å²) in [5, 5.41) is 3.13. The Morgan fingerprint density at radius 2 is 1.89 bits per heavy atom. The molecule has 1 amide bonds. The Kier molecular flexibility index (Phi) is 7.16. The van der Waals surface area contributed by atoms with Gasteiger partial charge in [0.05, 0.1) is 16.8 Å². The van der Waals surface area contributed by atoms with Gasteiger partial charge in [-0.1, -0.05) is 0 Å². The Morgan fingerprint density at radius 1 is 1.20 bits per heavy atom. The van der Waals surface area contributed by atoms with E-state index in [0.29, 0.717) is 18.7 Å². The van der Waals surface area contributed by atoms with Gasteiger partial charge in [0.25, 0.3) is 5.91 Å². The zero-order chi connectivity index (χ0) is 25.5. The number of nitrogens with two attached hydrogens (primary N) is 1. The highest BCUT2D eigenvalue weighted by Crippen LogP contribution is 2.38. The van der Waals surface area contributed by atoms with Crippen molar-refractivity contribution in [1.29, 1.82) is 0 Å². The number of thiophene rings is 1. The van der Waals surface area contributed by atoms with Gasteiger partial charge in [-0.15, -0.1) is 11.3 Å². The summed E-state index contributed by atoms with van der Waals surface area (Å²) >= 11 is 1.72. The monoisotopic (exact) mass is 516 g/mol. The van der Waals surface area contributed by atoms with Crippen LogP contribution < -0.4 is 5.73 Å². The molecule has 0 radical (unpaired) electrons. The molecule has 1 saturated heterocycles. The molecule has 190 valence electrons. The number of nitrogens with zero attached hydrogens (tertiary/aromatic N) is 2. The third-order valence-electron chi connectivity index (χ3n) is 7.26. The Morgan fingerprint density at radius 3 is 2.49 bits per heavy atom. The zero-order valence-electron chi connectivity index (χ0n) is 21.2. The van der Waals surface area contributed by atoms with Crippen molar-refractivity contribution in [2.75, 3.05) is 25.9 Å². The molecule has 0 spiro atoms. The molecule has 1 aliphatic heterocycles. The number of primary amides is 1. The van der Waals surface area contributed by atoms with Gasteiger partial charge in [-0.25, -0.2) is 12.7 Å². The van der Waals surface area contributed by atoms with E-state index in [1.165, 1.54) is 4.88 Å². The van der Waals surface area contributed by atoms with Crippen LogP contribution in [0.4, 0.5) is 0 Å². The molecule has 0 aliphatic carbocycles. The van der Waals surface area contributed by atoms with Gasteiger partial charge in [-0.2, -0.15) is 0 Å². The summed E-state index contributed by atoms with van der Waals surface area (Å²) in [6.45, 7) is 10.2. The van der Waals surface area contributed by atoms with Crippen molar-refractivity contribution in [2.45, 2.75) is 58.5 Å². The molecule has 1 fully saturated rings. The van der Waals surface area contributed by atoms with Gasteiger partial charge >= 0.3 is 0 Å². The largest absolute Gasteiger partial charge is 0.366 e. The van der Waals surface area contributed by atoms with Gasteiger partial charge in [-0.05, 0) is 93.8 Å². The van der Waals surface area contributed by atoms with E-state index >= 15 is 0 Å². The molecular formula is C26H36N4O3S2. The fraction of sp³-hybridized carbons (Fsp3) is 0.500. The highest BCUT2D eigenvalue weighted by Gasteiger charge is 2.29. The number of piperidine rings is 1. The van der Waals surface area contributed by atoms with E-state index in [2.05, 4.69) is 55.2 Å². The molecule has 9 heteroatoms.